The smallest absolute Gasteiger partial charge is 0.490 e. The lowest BCUT2D eigenvalue weighted by Crippen LogP contribution is -2.32. The Hall–Kier alpha value is -3.45. The quantitative estimate of drug-likeness (QED) is 0.477. The first kappa shape index (κ1) is 25.6. The van der Waals surface area contributed by atoms with Crippen LogP contribution >= 0.6 is 0 Å². The minimum Gasteiger partial charge on any atom is -0.495 e. The van der Waals surface area contributed by atoms with Crippen molar-refractivity contribution in [1.82, 2.24) is 24.6 Å². The lowest BCUT2D eigenvalue weighted by Gasteiger charge is -2.34. The van der Waals surface area contributed by atoms with Gasteiger partial charge in [0.15, 0.2) is 5.65 Å². The summed E-state index contributed by atoms with van der Waals surface area (Å²) in [5.41, 5.74) is 10.2. The van der Waals surface area contributed by atoms with Crippen LogP contribution in [0.1, 0.15) is 30.0 Å². The average Bonchev–Trinajstić information content (AvgIpc) is 3.20. The number of carboxylic acid groups (broad SMARTS) is 1. The molecule has 4 N–H and O–H groups in total. The van der Waals surface area contributed by atoms with Crippen molar-refractivity contribution in [2.75, 3.05) is 32.6 Å². The fourth-order valence-corrected chi connectivity index (χ4v) is 4.37. The zero-order chi connectivity index (χ0) is 26.0. The molecule has 1 aliphatic carbocycles. The lowest BCUT2D eigenvalue weighted by atomic mass is 9.80. The number of carboxylic acids is 1. The van der Waals surface area contributed by atoms with Crippen molar-refractivity contribution in [3.63, 3.8) is 0 Å². The molecule has 0 radical (unpaired) electrons. The fourth-order valence-electron chi connectivity index (χ4n) is 4.37. The summed E-state index contributed by atoms with van der Waals surface area (Å²) < 4.78 is 39.4. The number of fused-ring (bicyclic) bond motifs is 2. The first-order valence-corrected chi connectivity index (χ1v) is 11.4. The Labute approximate surface area is 205 Å². The number of rotatable bonds is 5. The van der Waals surface area contributed by atoms with E-state index in [2.05, 4.69) is 39.5 Å². The summed E-state index contributed by atoms with van der Waals surface area (Å²) in [6.45, 7) is 2.74. The van der Waals surface area contributed by atoms with E-state index in [4.69, 9.17) is 25.4 Å². The van der Waals surface area contributed by atoms with Crippen LogP contribution in [0.5, 0.6) is 5.75 Å². The van der Waals surface area contributed by atoms with Crippen LogP contribution in [-0.4, -0.2) is 69.1 Å². The molecule has 10 nitrogen and oxygen atoms in total. The molecule has 2 aromatic heterocycles. The Morgan fingerprint density at radius 3 is 2.64 bits per heavy atom. The first-order valence-electron chi connectivity index (χ1n) is 11.4. The molecule has 194 valence electrons. The standard InChI is InChI=1S/C21H27N7O.C2HF3O2/c1-27-4-3-14-8-19(29-2)18(7-15(14)12-27)25-21-23-10-16-11-24-28(20(16)26-21)17-5-13(6-17)9-22;3-2(4,5)1(6)7/h7-8,10-11,13,17H,3-6,9,12,22H2,1-2H3,(H,23,25,26);(H,6,7)/t13-,17-;. The van der Waals surface area contributed by atoms with Gasteiger partial charge < -0.3 is 25.8 Å². The topological polar surface area (TPSA) is 131 Å². The number of nitrogens with one attached hydrogen (secondary N) is 1. The van der Waals surface area contributed by atoms with Crippen molar-refractivity contribution in [2.24, 2.45) is 11.7 Å². The highest BCUT2D eigenvalue weighted by Crippen LogP contribution is 2.38. The first-order chi connectivity index (χ1) is 17.1. The number of ether oxygens (including phenoxy) is 1. The summed E-state index contributed by atoms with van der Waals surface area (Å²) in [4.78, 5) is 20.5. The number of hydrogen-bond donors (Lipinski definition) is 3. The monoisotopic (exact) mass is 507 g/mol. The number of halogens is 3. The molecule has 0 saturated heterocycles. The number of hydrogen-bond acceptors (Lipinski definition) is 8. The number of methoxy groups -OCH3 is 1. The number of benzene rings is 1. The molecule has 1 saturated carbocycles. The van der Waals surface area contributed by atoms with Crippen molar-refractivity contribution in [3.05, 3.63) is 35.7 Å². The SMILES string of the molecule is COc1cc2c(cc1Nc1ncc3cnn([C@H]4C[C@H](CN)C4)c3n1)CN(C)CC2.O=C(O)C(F)(F)F. The van der Waals surface area contributed by atoms with Gasteiger partial charge in [0.25, 0.3) is 0 Å². The van der Waals surface area contributed by atoms with Gasteiger partial charge in [-0.1, -0.05) is 0 Å². The van der Waals surface area contributed by atoms with Crippen LogP contribution in [0.2, 0.25) is 0 Å². The minimum atomic E-state index is -5.08. The van der Waals surface area contributed by atoms with Crippen LogP contribution < -0.4 is 15.8 Å². The van der Waals surface area contributed by atoms with Gasteiger partial charge in [0.1, 0.15) is 5.75 Å². The molecule has 0 atom stereocenters. The van der Waals surface area contributed by atoms with Crippen molar-refractivity contribution in [3.8, 4) is 5.75 Å². The summed E-state index contributed by atoms with van der Waals surface area (Å²) in [7, 11) is 3.85. The minimum absolute atomic E-state index is 0.373. The number of likely N-dealkylation sites (N-methyl/N-ethyl adjacent to an activating group) is 1. The second-order valence-corrected chi connectivity index (χ2v) is 9.03. The molecule has 1 aromatic carbocycles. The summed E-state index contributed by atoms with van der Waals surface area (Å²) in [5.74, 6) is -0.796. The number of alkyl halides is 3. The van der Waals surface area contributed by atoms with Crippen LogP contribution in [-0.2, 0) is 17.8 Å². The second kappa shape index (κ2) is 10.3. The highest BCUT2D eigenvalue weighted by molar-refractivity contribution is 5.76. The zero-order valence-electron chi connectivity index (χ0n) is 19.9. The van der Waals surface area contributed by atoms with Crippen molar-refractivity contribution in [2.45, 2.75) is 38.0 Å². The molecule has 3 aromatic rings. The van der Waals surface area contributed by atoms with Crippen molar-refractivity contribution < 1.29 is 27.8 Å². The number of aromatic nitrogens is 4. The Morgan fingerprint density at radius 2 is 2.00 bits per heavy atom. The third-order valence-electron chi connectivity index (χ3n) is 6.44. The number of aliphatic carboxylic acids is 1. The van der Waals surface area contributed by atoms with Gasteiger partial charge in [-0.15, -0.1) is 0 Å². The molecule has 1 fully saturated rings. The van der Waals surface area contributed by atoms with E-state index in [1.807, 2.05) is 17.1 Å². The van der Waals surface area contributed by atoms with Gasteiger partial charge >= 0.3 is 12.1 Å². The molecular formula is C23H28F3N7O3. The van der Waals surface area contributed by atoms with E-state index >= 15 is 0 Å². The second-order valence-electron chi connectivity index (χ2n) is 9.03. The van der Waals surface area contributed by atoms with Gasteiger partial charge in [0, 0.05) is 19.3 Å². The number of anilines is 2. The van der Waals surface area contributed by atoms with Gasteiger partial charge in [-0.05, 0) is 62.0 Å². The van der Waals surface area contributed by atoms with Crippen LogP contribution in [0.15, 0.2) is 24.5 Å². The Morgan fingerprint density at radius 1 is 1.28 bits per heavy atom. The Kier molecular flexibility index (Phi) is 7.31. The fraction of sp³-hybridized carbons (Fsp3) is 0.478. The van der Waals surface area contributed by atoms with Gasteiger partial charge in [0.2, 0.25) is 5.95 Å². The molecule has 5 rings (SSSR count). The van der Waals surface area contributed by atoms with E-state index in [9.17, 15) is 13.2 Å². The third-order valence-corrected chi connectivity index (χ3v) is 6.44. The molecule has 3 heterocycles. The molecule has 0 amide bonds. The highest BCUT2D eigenvalue weighted by atomic mass is 19.4. The van der Waals surface area contributed by atoms with Crippen LogP contribution in [0, 0.1) is 5.92 Å². The maximum Gasteiger partial charge on any atom is 0.490 e. The van der Waals surface area contributed by atoms with Gasteiger partial charge in [-0.2, -0.15) is 23.3 Å². The number of carbonyl (C=O) groups is 1. The predicted octanol–water partition coefficient (Wildman–Crippen LogP) is 3.11. The maximum atomic E-state index is 10.6. The van der Waals surface area contributed by atoms with E-state index in [-0.39, 0.29) is 0 Å². The predicted molar refractivity (Wildman–Crippen MR) is 126 cm³/mol. The van der Waals surface area contributed by atoms with E-state index in [1.54, 1.807) is 7.11 Å². The van der Waals surface area contributed by atoms with Crippen molar-refractivity contribution in [1.29, 1.82) is 0 Å². The summed E-state index contributed by atoms with van der Waals surface area (Å²) >= 11 is 0. The zero-order valence-corrected chi connectivity index (χ0v) is 19.9. The van der Waals surface area contributed by atoms with Gasteiger partial charge in [-0.3, -0.25) is 0 Å². The van der Waals surface area contributed by atoms with E-state index < -0.39 is 12.1 Å². The van der Waals surface area contributed by atoms with E-state index in [0.29, 0.717) is 17.9 Å². The summed E-state index contributed by atoms with van der Waals surface area (Å²) in [6, 6.07) is 4.67. The highest BCUT2D eigenvalue weighted by Gasteiger charge is 2.38. The molecule has 0 unspecified atom stereocenters. The lowest BCUT2D eigenvalue weighted by molar-refractivity contribution is -0.192. The largest absolute Gasteiger partial charge is 0.495 e. The molecule has 0 spiro atoms. The van der Waals surface area contributed by atoms with Crippen LogP contribution in [0.25, 0.3) is 11.0 Å². The van der Waals surface area contributed by atoms with Gasteiger partial charge in [-0.25, -0.2) is 14.5 Å². The third kappa shape index (κ3) is 5.51. The molecule has 0 bridgehead atoms. The molecule has 1 aliphatic heterocycles. The molecular weight excluding hydrogens is 479 g/mol. The molecule has 2 aliphatic rings. The van der Waals surface area contributed by atoms with Crippen LogP contribution in [0.3, 0.4) is 0 Å². The normalized spacial score (nSPS) is 19.6. The average molecular weight is 508 g/mol. The van der Waals surface area contributed by atoms with Crippen molar-refractivity contribution >= 4 is 28.6 Å². The van der Waals surface area contributed by atoms with Crippen LogP contribution in [0.4, 0.5) is 24.8 Å². The Bertz CT molecular complexity index is 1240. The number of nitrogens with zero attached hydrogens (tertiary/aromatic N) is 5. The van der Waals surface area contributed by atoms with E-state index in [1.165, 1.54) is 11.1 Å². The number of nitrogens with two attached hydrogens (primary N) is 1. The molecule has 36 heavy (non-hydrogen) atoms. The summed E-state index contributed by atoms with van der Waals surface area (Å²) in [5, 5.41) is 16.0. The summed E-state index contributed by atoms with van der Waals surface area (Å²) in [6.07, 6.45) is 1.74. The van der Waals surface area contributed by atoms with E-state index in [0.717, 1.165) is 61.4 Å². The maximum absolute atomic E-state index is 10.6. The van der Waals surface area contributed by atoms with Gasteiger partial charge in [0.05, 0.1) is 30.4 Å². The Balaban J connectivity index is 0.000000384. The molecule has 13 heteroatoms.